The van der Waals surface area contributed by atoms with Crippen molar-refractivity contribution in [1.82, 2.24) is 4.90 Å². The monoisotopic (exact) mass is 328 g/mol. The van der Waals surface area contributed by atoms with Crippen LogP contribution >= 0.6 is 0 Å². The van der Waals surface area contributed by atoms with E-state index in [1.165, 1.54) is 29.2 Å². The van der Waals surface area contributed by atoms with Crippen molar-refractivity contribution in [2.45, 2.75) is 26.8 Å². The summed E-state index contributed by atoms with van der Waals surface area (Å²) in [6, 6.07) is 4.81. The van der Waals surface area contributed by atoms with E-state index in [4.69, 9.17) is 0 Å². The second-order valence-corrected chi connectivity index (χ2v) is 7.34. The summed E-state index contributed by atoms with van der Waals surface area (Å²) in [4.78, 5) is 24.0. The minimum atomic E-state index is -3.19. The van der Waals surface area contributed by atoms with Crippen LogP contribution in [0.4, 0.5) is 5.69 Å². The van der Waals surface area contributed by atoms with Crippen molar-refractivity contribution in [3.63, 3.8) is 0 Å². The predicted molar refractivity (Wildman–Crippen MR) is 83.6 cm³/mol. The van der Waals surface area contributed by atoms with Crippen LogP contribution in [0.1, 0.15) is 31.1 Å². The zero-order valence-electron chi connectivity index (χ0n) is 12.9. The zero-order valence-corrected chi connectivity index (χ0v) is 13.7. The summed E-state index contributed by atoms with van der Waals surface area (Å²) >= 11 is 0. The highest BCUT2D eigenvalue weighted by Crippen LogP contribution is 2.15. The van der Waals surface area contributed by atoms with Gasteiger partial charge in [-0.3, -0.25) is 14.9 Å². The van der Waals surface area contributed by atoms with Crippen molar-refractivity contribution >= 4 is 21.4 Å². The molecule has 1 aromatic rings. The number of hydrogen-bond acceptors (Lipinski definition) is 5. The van der Waals surface area contributed by atoms with Gasteiger partial charge in [-0.2, -0.15) is 0 Å². The van der Waals surface area contributed by atoms with Crippen LogP contribution in [-0.2, 0) is 9.84 Å². The summed E-state index contributed by atoms with van der Waals surface area (Å²) in [6.45, 7) is 5.37. The van der Waals surface area contributed by atoms with Gasteiger partial charge in [-0.15, -0.1) is 0 Å². The third kappa shape index (κ3) is 4.52. The Balaban J connectivity index is 2.94. The molecule has 22 heavy (non-hydrogen) atoms. The lowest BCUT2D eigenvalue weighted by Gasteiger charge is -2.28. The van der Waals surface area contributed by atoms with Gasteiger partial charge in [0, 0.05) is 36.0 Å². The molecule has 0 bridgehead atoms. The molecule has 1 amide bonds. The van der Waals surface area contributed by atoms with Crippen molar-refractivity contribution in [3.8, 4) is 0 Å². The molecule has 1 rings (SSSR count). The lowest BCUT2D eigenvalue weighted by atomic mass is 10.1. The molecule has 0 heterocycles. The topological polar surface area (TPSA) is 97.6 Å². The van der Waals surface area contributed by atoms with E-state index in [0.29, 0.717) is 12.1 Å². The normalized spacial score (nSPS) is 12.7. The lowest BCUT2D eigenvalue weighted by molar-refractivity contribution is -0.384. The summed E-state index contributed by atoms with van der Waals surface area (Å²) in [5, 5.41) is 10.6. The van der Waals surface area contributed by atoms with Crippen LogP contribution in [0, 0.1) is 10.1 Å². The first-order valence-electron chi connectivity index (χ1n) is 6.97. The summed E-state index contributed by atoms with van der Waals surface area (Å²) in [7, 11) is -3.19. The highest BCUT2D eigenvalue weighted by atomic mass is 32.2. The zero-order chi connectivity index (χ0) is 16.9. The fourth-order valence-corrected chi connectivity index (χ4v) is 3.27. The van der Waals surface area contributed by atoms with Crippen molar-refractivity contribution in [2.75, 3.05) is 18.1 Å². The predicted octanol–water partition coefficient (Wildman–Crippen LogP) is 1.88. The molecule has 0 aliphatic heterocycles. The molecule has 0 aliphatic rings. The van der Waals surface area contributed by atoms with Gasteiger partial charge in [0.15, 0.2) is 9.84 Å². The largest absolute Gasteiger partial charge is 0.335 e. The number of carbonyl (C=O) groups excluding carboxylic acids is 1. The number of amides is 1. The van der Waals surface area contributed by atoms with E-state index in [0.717, 1.165) is 0 Å². The van der Waals surface area contributed by atoms with E-state index in [9.17, 15) is 23.3 Å². The molecule has 0 aromatic heterocycles. The van der Waals surface area contributed by atoms with E-state index in [-0.39, 0.29) is 23.1 Å². The van der Waals surface area contributed by atoms with Gasteiger partial charge in [-0.25, -0.2) is 8.42 Å². The first kappa shape index (κ1) is 18.1. The van der Waals surface area contributed by atoms with Gasteiger partial charge in [-0.05, 0) is 26.0 Å². The number of rotatable bonds is 7. The first-order chi connectivity index (χ1) is 10.2. The highest BCUT2D eigenvalue weighted by Gasteiger charge is 2.24. The number of nitro benzene ring substituents is 1. The third-order valence-electron chi connectivity index (χ3n) is 3.39. The SMILES string of the molecule is CCN(C(=O)c1ccc([N+](=O)[O-])cc1)C(C)CS(=O)(=O)CC. The molecule has 0 aliphatic carbocycles. The Kier molecular flexibility index (Phi) is 6.04. The van der Waals surface area contributed by atoms with Gasteiger partial charge in [0.1, 0.15) is 0 Å². The Morgan fingerprint density at radius 1 is 1.27 bits per heavy atom. The van der Waals surface area contributed by atoms with Gasteiger partial charge in [0.2, 0.25) is 0 Å². The maximum absolute atomic E-state index is 12.4. The molecule has 0 saturated heterocycles. The van der Waals surface area contributed by atoms with Gasteiger partial charge < -0.3 is 4.90 Å². The van der Waals surface area contributed by atoms with E-state index in [2.05, 4.69) is 0 Å². The molecular formula is C14H20N2O5S. The number of hydrogen-bond donors (Lipinski definition) is 0. The van der Waals surface area contributed by atoms with Gasteiger partial charge in [0.05, 0.1) is 10.7 Å². The summed E-state index contributed by atoms with van der Waals surface area (Å²) in [6.07, 6.45) is 0. The number of non-ortho nitro benzene ring substituents is 1. The average molecular weight is 328 g/mol. The Bertz CT molecular complexity index is 640. The van der Waals surface area contributed by atoms with Crippen LogP contribution in [-0.4, -0.2) is 48.2 Å². The maximum Gasteiger partial charge on any atom is 0.269 e. The second-order valence-electron chi connectivity index (χ2n) is 4.94. The molecule has 0 spiro atoms. The number of nitrogens with zero attached hydrogens (tertiary/aromatic N) is 2. The fraction of sp³-hybridized carbons (Fsp3) is 0.500. The molecule has 0 N–H and O–H groups in total. The highest BCUT2D eigenvalue weighted by molar-refractivity contribution is 7.91. The van der Waals surface area contributed by atoms with Crippen LogP contribution in [0.15, 0.2) is 24.3 Å². The van der Waals surface area contributed by atoms with Crippen molar-refractivity contribution in [3.05, 3.63) is 39.9 Å². The van der Waals surface area contributed by atoms with E-state index in [1.54, 1.807) is 20.8 Å². The number of benzene rings is 1. The second kappa shape index (κ2) is 7.35. The Hall–Kier alpha value is -1.96. The minimum Gasteiger partial charge on any atom is -0.335 e. The molecule has 0 saturated carbocycles. The first-order valence-corrected chi connectivity index (χ1v) is 8.79. The van der Waals surface area contributed by atoms with E-state index in [1.807, 2.05) is 0 Å². The van der Waals surface area contributed by atoms with E-state index < -0.39 is 20.8 Å². The molecule has 1 atom stereocenters. The van der Waals surface area contributed by atoms with Crippen molar-refractivity contribution in [2.24, 2.45) is 0 Å². The molecule has 1 aromatic carbocycles. The third-order valence-corrected chi connectivity index (χ3v) is 5.26. The molecule has 8 heteroatoms. The Morgan fingerprint density at radius 2 is 1.82 bits per heavy atom. The van der Waals surface area contributed by atoms with Crippen LogP contribution < -0.4 is 0 Å². The smallest absolute Gasteiger partial charge is 0.269 e. The lowest BCUT2D eigenvalue weighted by Crippen LogP contribution is -2.42. The molecule has 0 radical (unpaired) electrons. The number of nitro groups is 1. The van der Waals surface area contributed by atoms with Gasteiger partial charge in [-0.1, -0.05) is 6.92 Å². The number of carbonyl (C=O) groups is 1. The summed E-state index contributed by atoms with van der Waals surface area (Å²) in [5.74, 6) is -0.410. The van der Waals surface area contributed by atoms with Gasteiger partial charge in [0.25, 0.3) is 11.6 Å². The molecule has 0 fully saturated rings. The Labute approximate surface area is 130 Å². The van der Waals surface area contributed by atoms with Crippen LogP contribution in [0.5, 0.6) is 0 Å². The fourth-order valence-electron chi connectivity index (χ4n) is 2.12. The average Bonchev–Trinajstić information content (AvgIpc) is 2.47. The van der Waals surface area contributed by atoms with Crippen LogP contribution in [0.3, 0.4) is 0 Å². The summed E-state index contributed by atoms with van der Waals surface area (Å²) < 4.78 is 23.4. The molecule has 7 nitrogen and oxygen atoms in total. The van der Waals surface area contributed by atoms with Crippen LogP contribution in [0.2, 0.25) is 0 Å². The maximum atomic E-state index is 12.4. The summed E-state index contributed by atoms with van der Waals surface area (Å²) in [5.41, 5.74) is 0.203. The molecular weight excluding hydrogens is 308 g/mol. The molecule has 1 unspecified atom stereocenters. The molecule has 122 valence electrons. The number of sulfone groups is 1. The van der Waals surface area contributed by atoms with Gasteiger partial charge >= 0.3 is 0 Å². The van der Waals surface area contributed by atoms with Crippen molar-refractivity contribution in [1.29, 1.82) is 0 Å². The minimum absolute atomic E-state index is 0.0284. The van der Waals surface area contributed by atoms with Crippen molar-refractivity contribution < 1.29 is 18.1 Å². The van der Waals surface area contributed by atoms with E-state index >= 15 is 0 Å². The standard InChI is InChI=1S/C14H20N2O5S/c1-4-15(11(3)10-22(20,21)5-2)14(17)12-6-8-13(9-7-12)16(18)19/h6-9,11H,4-5,10H2,1-3H3. The quantitative estimate of drug-likeness (QED) is 0.562. The van der Waals surface area contributed by atoms with Crippen LogP contribution in [0.25, 0.3) is 0 Å². The Morgan fingerprint density at radius 3 is 2.23 bits per heavy atom.